The summed E-state index contributed by atoms with van der Waals surface area (Å²) >= 11 is 2.91. The molecule has 0 heterocycles. The van der Waals surface area contributed by atoms with Gasteiger partial charge in [-0.15, -0.1) is 0 Å². The average Bonchev–Trinajstić information content (AvgIpc) is 3.09. The zero-order valence-electron chi connectivity index (χ0n) is 28.6. The topological polar surface area (TPSA) is 86.2 Å². The van der Waals surface area contributed by atoms with Gasteiger partial charge in [0.1, 0.15) is 0 Å². The molecule has 0 saturated heterocycles. The number of ketones is 2. The highest BCUT2D eigenvalue weighted by Crippen LogP contribution is 2.43. The van der Waals surface area contributed by atoms with E-state index in [4.69, 9.17) is 11.5 Å². The number of nitrogen functional groups attached to an aromatic ring is 2. The Morgan fingerprint density at radius 1 is 0.479 bits per heavy atom. The number of rotatable bonds is 18. The summed E-state index contributed by atoms with van der Waals surface area (Å²) in [5, 5.41) is 0. The second-order valence-electron chi connectivity index (χ2n) is 13.0. The van der Waals surface area contributed by atoms with Gasteiger partial charge >= 0.3 is 0 Å². The zero-order valence-corrected chi connectivity index (χ0v) is 30.2. The fraction of sp³-hybridized carbons (Fsp3) is 0.381. The number of hydrogen-bond acceptors (Lipinski definition) is 6. The Bertz CT molecular complexity index is 1610. The van der Waals surface area contributed by atoms with Crippen LogP contribution in [0.3, 0.4) is 0 Å². The lowest BCUT2D eigenvalue weighted by molar-refractivity contribution is 0.0974. The van der Waals surface area contributed by atoms with Crippen molar-refractivity contribution in [2.75, 3.05) is 11.5 Å². The van der Waals surface area contributed by atoms with E-state index in [-0.39, 0.29) is 11.6 Å². The lowest BCUT2D eigenvalue weighted by atomic mass is 9.84. The Hall–Kier alpha value is -3.48. The van der Waals surface area contributed by atoms with Gasteiger partial charge in [0.2, 0.25) is 0 Å². The van der Waals surface area contributed by atoms with Gasteiger partial charge in [-0.1, -0.05) is 138 Å². The number of carbonyl (C=O) groups is 2. The van der Waals surface area contributed by atoms with E-state index in [0.717, 1.165) is 45.3 Å². The molecular weight excluding hydrogens is 629 g/mol. The first-order valence-corrected chi connectivity index (χ1v) is 19.5. The van der Waals surface area contributed by atoms with E-state index < -0.39 is 0 Å². The second kappa shape index (κ2) is 17.8. The molecule has 0 bridgehead atoms. The van der Waals surface area contributed by atoms with Crippen molar-refractivity contribution in [2.45, 2.75) is 123 Å². The molecule has 0 fully saturated rings. The first-order chi connectivity index (χ1) is 23.4. The molecule has 0 amide bonds. The Balaban J connectivity index is 1.31. The van der Waals surface area contributed by atoms with Crippen molar-refractivity contribution in [1.82, 2.24) is 0 Å². The molecule has 0 saturated carbocycles. The van der Waals surface area contributed by atoms with Gasteiger partial charge in [0.05, 0.1) is 0 Å². The van der Waals surface area contributed by atoms with E-state index >= 15 is 0 Å². The summed E-state index contributed by atoms with van der Waals surface area (Å²) in [4.78, 5) is 31.4. The van der Waals surface area contributed by atoms with E-state index in [1.54, 1.807) is 12.1 Å². The highest BCUT2D eigenvalue weighted by atomic mass is 32.2. The number of benzene rings is 4. The minimum atomic E-state index is -0.137. The fourth-order valence-electron chi connectivity index (χ4n) is 6.50. The summed E-state index contributed by atoms with van der Waals surface area (Å²) in [7, 11) is 0. The van der Waals surface area contributed by atoms with Crippen LogP contribution in [0.15, 0.2) is 92.4 Å². The quantitative estimate of drug-likeness (QED) is 0.0708. The van der Waals surface area contributed by atoms with Crippen LogP contribution in [0.5, 0.6) is 0 Å². The third kappa shape index (κ3) is 8.95. The van der Waals surface area contributed by atoms with Crippen LogP contribution in [-0.4, -0.2) is 11.6 Å². The van der Waals surface area contributed by atoms with E-state index in [0.29, 0.717) is 33.6 Å². The number of aryl methyl sites for hydroxylation is 2. The van der Waals surface area contributed by atoms with Crippen molar-refractivity contribution in [3.8, 4) is 0 Å². The third-order valence-electron chi connectivity index (χ3n) is 9.22. The Morgan fingerprint density at radius 2 is 0.896 bits per heavy atom. The van der Waals surface area contributed by atoms with Crippen molar-refractivity contribution in [1.29, 1.82) is 0 Å². The monoisotopic (exact) mass is 678 g/mol. The van der Waals surface area contributed by atoms with Crippen LogP contribution in [0.25, 0.3) is 0 Å². The second-order valence-corrected chi connectivity index (χ2v) is 15.2. The predicted molar refractivity (Wildman–Crippen MR) is 204 cm³/mol. The van der Waals surface area contributed by atoms with Crippen molar-refractivity contribution < 1.29 is 9.59 Å². The van der Waals surface area contributed by atoms with Crippen LogP contribution in [0, 0.1) is 0 Å². The van der Waals surface area contributed by atoms with Crippen LogP contribution in [0.4, 0.5) is 11.4 Å². The summed E-state index contributed by atoms with van der Waals surface area (Å²) in [6.45, 7) is 4.48. The van der Waals surface area contributed by atoms with Gasteiger partial charge in [-0.25, -0.2) is 0 Å². The summed E-state index contributed by atoms with van der Waals surface area (Å²) in [5.41, 5.74) is 18.8. The van der Waals surface area contributed by atoms with Gasteiger partial charge in [-0.2, -0.15) is 0 Å². The van der Waals surface area contributed by atoms with Gasteiger partial charge in [0, 0.05) is 53.2 Å². The van der Waals surface area contributed by atoms with Crippen molar-refractivity contribution >= 4 is 46.5 Å². The predicted octanol–water partition coefficient (Wildman–Crippen LogP) is 11.7. The highest BCUT2D eigenvalue weighted by molar-refractivity contribution is 8.00. The third-order valence-corrected chi connectivity index (χ3v) is 11.5. The summed E-state index contributed by atoms with van der Waals surface area (Å²) in [6, 6.07) is 23.6. The summed E-state index contributed by atoms with van der Waals surface area (Å²) in [5.74, 6) is -0.267. The Labute approximate surface area is 295 Å². The largest absolute Gasteiger partial charge is 0.398 e. The van der Waals surface area contributed by atoms with Crippen LogP contribution in [-0.2, 0) is 12.8 Å². The molecule has 1 aliphatic rings. The number of carbonyl (C=O) groups excluding carboxylic acids is 2. The number of hydrogen-bond donors (Lipinski definition) is 2. The molecule has 0 radical (unpaired) electrons. The molecule has 5 rings (SSSR count). The van der Waals surface area contributed by atoms with Crippen molar-refractivity contribution in [3.05, 3.63) is 106 Å². The smallest absolute Gasteiger partial charge is 0.196 e. The van der Waals surface area contributed by atoms with Gasteiger partial charge in [-0.3, -0.25) is 9.59 Å². The molecule has 0 atom stereocenters. The summed E-state index contributed by atoms with van der Waals surface area (Å²) < 4.78 is 0. The fourth-order valence-corrected chi connectivity index (χ4v) is 8.50. The first-order valence-electron chi connectivity index (χ1n) is 17.9. The number of unbranched alkanes of at least 4 members (excludes halogenated alkanes) is 10. The Morgan fingerprint density at radius 3 is 1.31 bits per heavy atom. The van der Waals surface area contributed by atoms with Crippen LogP contribution < -0.4 is 11.5 Å². The molecule has 48 heavy (non-hydrogen) atoms. The van der Waals surface area contributed by atoms with E-state index in [9.17, 15) is 9.59 Å². The molecular formula is C42H50N2O2S2. The van der Waals surface area contributed by atoms with E-state index in [2.05, 4.69) is 50.2 Å². The highest BCUT2D eigenvalue weighted by Gasteiger charge is 2.34. The molecule has 4 aromatic carbocycles. The van der Waals surface area contributed by atoms with E-state index in [1.165, 1.54) is 98.9 Å². The van der Waals surface area contributed by atoms with Crippen molar-refractivity contribution in [2.24, 2.45) is 0 Å². The minimum Gasteiger partial charge on any atom is -0.398 e. The molecule has 4 aromatic rings. The lowest BCUT2D eigenvalue weighted by Crippen LogP contribution is -2.22. The molecule has 4 N–H and O–H groups in total. The first kappa shape index (κ1) is 35.8. The van der Waals surface area contributed by atoms with Gasteiger partial charge in [0.25, 0.3) is 0 Å². The maximum absolute atomic E-state index is 14.3. The molecule has 0 aliphatic heterocycles. The Kier molecular flexibility index (Phi) is 13.3. The van der Waals surface area contributed by atoms with E-state index in [1.807, 2.05) is 24.3 Å². The molecule has 0 spiro atoms. The SMILES string of the molecule is CCCCCCCCc1ccc(Sc2cccc3c2C(=O)c2c(Sc4ccc(CCCCCCCC)cc4N)cccc2C3=O)c(N)c1. The standard InChI is InChI=1S/C42H50N2O2S2/c1-3-5-7-9-11-13-17-29-23-25-35(33(43)27-29)47-37-21-15-19-31-39(37)42(46)40-32(41(31)45)20-16-22-38(40)48-36-26-24-30(28-34(36)44)18-14-12-10-8-6-4-2/h15-16,19-28H,3-14,17-18,43-44H2,1-2H3. The number of anilines is 2. The van der Waals surface area contributed by atoms with Crippen molar-refractivity contribution in [3.63, 3.8) is 0 Å². The molecule has 0 aromatic heterocycles. The maximum Gasteiger partial charge on any atom is 0.196 e. The van der Waals surface area contributed by atoms with Crippen LogP contribution in [0.2, 0.25) is 0 Å². The zero-order chi connectivity index (χ0) is 33.9. The average molecular weight is 679 g/mol. The molecule has 0 unspecified atom stereocenters. The number of nitrogens with two attached hydrogens (primary N) is 2. The lowest BCUT2D eigenvalue weighted by Gasteiger charge is -2.22. The normalized spacial score (nSPS) is 12.3. The van der Waals surface area contributed by atoms with Crippen LogP contribution >= 0.6 is 23.5 Å². The van der Waals surface area contributed by atoms with Gasteiger partial charge < -0.3 is 11.5 Å². The summed E-state index contributed by atoms with van der Waals surface area (Å²) in [6.07, 6.45) is 17.1. The minimum absolute atomic E-state index is 0.131. The molecule has 252 valence electrons. The van der Waals surface area contributed by atoms with Crippen LogP contribution in [0.1, 0.15) is 134 Å². The van der Waals surface area contributed by atoms with Gasteiger partial charge in [0.15, 0.2) is 11.6 Å². The molecule has 4 nitrogen and oxygen atoms in total. The molecule has 1 aliphatic carbocycles. The maximum atomic E-state index is 14.3. The van der Waals surface area contributed by atoms with Gasteiger partial charge in [-0.05, 0) is 73.2 Å². The molecule has 6 heteroatoms. The number of fused-ring (bicyclic) bond motifs is 2.